The highest BCUT2D eigenvalue weighted by Crippen LogP contribution is 2.09. The number of primary amides is 1. The van der Waals surface area contributed by atoms with Gasteiger partial charge in [0, 0.05) is 12.8 Å². The largest absolute Gasteiger partial charge is 0.480 e. The molecule has 0 heterocycles. The summed E-state index contributed by atoms with van der Waals surface area (Å²) in [4.78, 5) is 60.4. The van der Waals surface area contributed by atoms with Gasteiger partial charge in [-0.2, -0.15) is 0 Å². The Hall–Kier alpha value is -3.47. The molecule has 0 aliphatic heterocycles. The SMILES string of the molecule is CC[C@H](C)[C@H](NC(=O)[C@H](C)NC(=O)[C@H](Cc1ccccc1)NC(=O)[C@@H](N)CCC(N)=O)C(=O)O. The Morgan fingerprint density at radius 2 is 1.56 bits per heavy atom. The molecular formula is C23H35N5O6. The van der Waals surface area contributed by atoms with Crippen molar-refractivity contribution < 1.29 is 29.1 Å². The van der Waals surface area contributed by atoms with E-state index in [0.29, 0.717) is 6.42 Å². The molecule has 8 N–H and O–H groups in total. The maximum Gasteiger partial charge on any atom is 0.326 e. The van der Waals surface area contributed by atoms with Crippen molar-refractivity contribution in [2.45, 2.75) is 70.6 Å². The van der Waals surface area contributed by atoms with Gasteiger partial charge >= 0.3 is 5.97 Å². The van der Waals surface area contributed by atoms with E-state index in [4.69, 9.17) is 11.5 Å². The number of carbonyl (C=O) groups is 5. The summed E-state index contributed by atoms with van der Waals surface area (Å²) in [7, 11) is 0. The summed E-state index contributed by atoms with van der Waals surface area (Å²) in [5.74, 6) is -4.02. The van der Waals surface area contributed by atoms with E-state index in [2.05, 4.69) is 16.0 Å². The van der Waals surface area contributed by atoms with Crippen LogP contribution in [-0.2, 0) is 30.4 Å². The molecule has 11 nitrogen and oxygen atoms in total. The third-order valence-corrected chi connectivity index (χ3v) is 5.48. The minimum absolute atomic E-state index is 0.0197. The molecule has 5 atom stereocenters. The average Bonchev–Trinajstić information content (AvgIpc) is 2.79. The highest BCUT2D eigenvalue weighted by molar-refractivity contribution is 5.94. The van der Waals surface area contributed by atoms with Gasteiger partial charge in [-0.05, 0) is 24.8 Å². The van der Waals surface area contributed by atoms with Gasteiger partial charge in [-0.3, -0.25) is 19.2 Å². The molecule has 0 aliphatic rings. The van der Waals surface area contributed by atoms with Crippen LogP contribution in [-0.4, -0.2) is 58.9 Å². The van der Waals surface area contributed by atoms with Crippen LogP contribution in [0, 0.1) is 5.92 Å². The van der Waals surface area contributed by atoms with Gasteiger partial charge in [-0.25, -0.2) is 4.79 Å². The first-order valence-corrected chi connectivity index (χ1v) is 11.2. The quantitative estimate of drug-likeness (QED) is 0.206. The van der Waals surface area contributed by atoms with Crippen LogP contribution < -0.4 is 27.4 Å². The van der Waals surface area contributed by atoms with Crippen molar-refractivity contribution >= 4 is 29.6 Å². The van der Waals surface area contributed by atoms with Crippen LogP contribution in [0.25, 0.3) is 0 Å². The summed E-state index contributed by atoms with van der Waals surface area (Å²) < 4.78 is 0. The summed E-state index contributed by atoms with van der Waals surface area (Å²) in [6.07, 6.45) is 0.604. The monoisotopic (exact) mass is 477 g/mol. The summed E-state index contributed by atoms with van der Waals surface area (Å²) in [5, 5.41) is 16.9. The number of hydrogen-bond donors (Lipinski definition) is 6. The molecule has 0 saturated heterocycles. The maximum absolute atomic E-state index is 13.0. The Kier molecular flexibility index (Phi) is 11.7. The van der Waals surface area contributed by atoms with Gasteiger partial charge in [-0.1, -0.05) is 50.6 Å². The standard InChI is InChI=1S/C23H35N5O6/c1-4-13(2)19(23(33)34)28-20(30)14(3)26-22(32)17(12-15-8-6-5-7-9-15)27-21(31)16(24)10-11-18(25)29/h5-9,13-14,16-17,19H,4,10-12,24H2,1-3H3,(H2,25,29)(H,26,32)(H,27,31)(H,28,30)(H,33,34)/t13-,14-,16-,17-,19-/m0/s1. The van der Waals surface area contributed by atoms with E-state index in [-0.39, 0.29) is 25.2 Å². The van der Waals surface area contributed by atoms with Crippen molar-refractivity contribution in [1.82, 2.24) is 16.0 Å². The molecule has 0 bridgehead atoms. The van der Waals surface area contributed by atoms with Crippen molar-refractivity contribution in [2.75, 3.05) is 0 Å². The molecule has 11 heteroatoms. The third-order valence-electron chi connectivity index (χ3n) is 5.48. The fourth-order valence-electron chi connectivity index (χ4n) is 3.11. The molecule has 0 unspecified atom stereocenters. The predicted molar refractivity (Wildman–Crippen MR) is 125 cm³/mol. The van der Waals surface area contributed by atoms with Gasteiger partial charge in [0.25, 0.3) is 0 Å². The topological polar surface area (TPSA) is 194 Å². The van der Waals surface area contributed by atoms with Gasteiger partial charge in [0.1, 0.15) is 18.1 Å². The van der Waals surface area contributed by atoms with Gasteiger partial charge in [0.15, 0.2) is 0 Å². The number of benzene rings is 1. The fourth-order valence-corrected chi connectivity index (χ4v) is 3.11. The maximum atomic E-state index is 13.0. The number of carbonyl (C=O) groups excluding carboxylic acids is 4. The minimum atomic E-state index is -1.17. The zero-order valence-electron chi connectivity index (χ0n) is 19.7. The highest BCUT2D eigenvalue weighted by atomic mass is 16.4. The Balaban J connectivity index is 2.91. The Morgan fingerprint density at radius 3 is 2.09 bits per heavy atom. The minimum Gasteiger partial charge on any atom is -0.480 e. The predicted octanol–water partition coefficient (Wildman–Crippen LogP) is -0.573. The normalized spacial score (nSPS) is 15.2. The van der Waals surface area contributed by atoms with Crippen molar-refractivity contribution in [3.8, 4) is 0 Å². The first-order valence-electron chi connectivity index (χ1n) is 11.2. The van der Waals surface area contributed by atoms with E-state index in [9.17, 15) is 29.1 Å². The molecule has 0 aromatic heterocycles. The van der Waals surface area contributed by atoms with Crippen LogP contribution in [0.3, 0.4) is 0 Å². The first kappa shape index (κ1) is 28.6. The second-order valence-electron chi connectivity index (χ2n) is 8.30. The van der Waals surface area contributed by atoms with Gasteiger partial charge in [-0.15, -0.1) is 0 Å². The number of nitrogens with two attached hydrogens (primary N) is 2. The smallest absolute Gasteiger partial charge is 0.326 e. The summed E-state index contributed by atoms with van der Waals surface area (Å²) >= 11 is 0. The molecule has 0 spiro atoms. The number of carboxylic acid groups (broad SMARTS) is 1. The van der Waals surface area contributed by atoms with E-state index < -0.39 is 53.8 Å². The fraction of sp³-hybridized carbons (Fsp3) is 0.522. The zero-order chi connectivity index (χ0) is 25.8. The first-order chi connectivity index (χ1) is 16.0. The summed E-state index contributed by atoms with van der Waals surface area (Å²) in [6, 6.07) is 4.65. The van der Waals surface area contributed by atoms with E-state index in [1.54, 1.807) is 37.3 Å². The molecule has 0 aliphatic carbocycles. The Labute approximate surface area is 199 Å². The van der Waals surface area contributed by atoms with Crippen LogP contribution in [0.4, 0.5) is 0 Å². The molecule has 0 radical (unpaired) electrons. The molecule has 0 saturated carbocycles. The lowest BCUT2D eigenvalue weighted by Crippen LogP contribution is -2.57. The molecule has 1 aromatic carbocycles. The molecule has 34 heavy (non-hydrogen) atoms. The number of nitrogens with one attached hydrogen (secondary N) is 3. The van der Waals surface area contributed by atoms with Crippen molar-refractivity contribution in [2.24, 2.45) is 17.4 Å². The molecule has 1 rings (SSSR count). The van der Waals surface area contributed by atoms with Gasteiger partial charge in [0.2, 0.25) is 23.6 Å². The van der Waals surface area contributed by atoms with Crippen LogP contribution in [0.2, 0.25) is 0 Å². The van der Waals surface area contributed by atoms with Gasteiger partial charge in [0.05, 0.1) is 6.04 Å². The molecular weight excluding hydrogens is 442 g/mol. The molecule has 1 aromatic rings. The number of hydrogen-bond acceptors (Lipinski definition) is 6. The Morgan fingerprint density at radius 1 is 0.941 bits per heavy atom. The van der Waals surface area contributed by atoms with Gasteiger partial charge < -0.3 is 32.5 Å². The van der Waals surface area contributed by atoms with Crippen LogP contribution in [0.15, 0.2) is 30.3 Å². The Bertz CT molecular complexity index is 863. The lowest BCUT2D eigenvalue weighted by Gasteiger charge is -2.25. The second-order valence-corrected chi connectivity index (χ2v) is 8.30. The van der Waals surface area contributed by atoms with Crippen LogP contribution >= 0.6 is 0 Å². The number of amides is 4. The second kappa shape index (κ2) is 13.9. The van der Waals surface area contributed by atoms with Crippen LogP contribution in [0.5, 0.6) is 0 Å². The number of rotatable bonds is 14. The van der Waals surface area contributed by atoms with Crippen molar-refractivity contribution in [1.29, 1.82) is 0 Å². The van der Waals surface area contributed by atoms with Crippen molar-refractivity contribution in [3.63, 3.8) is 0 Å². The van der Waals surface area contributed by atoms with Crippen molar-refractivity contribution in [3.05, 3.63) is 35.9 Å². The summed E-state index contributed by atoms with van der Waals surface area (Å²) in [6.45, 7) is 4.93. The molecule has 188 valence electrons. The average molecular weight is 478 g/mol. The summed E-state index contributed by atoms with van der Waals surface area (Å²) in [5.41, 5.74) is 11.7. The van der Waals surface area contributed by atoms with Crippen LogP contribution in [0.1, 0.15) is 45.6 Å². The number of aliphatic carboxylic acids is 1. The van der Waals surface area contributed by atoms with E-state index in [0.717, 1.165) is 5.56 Å². The number of carboxylic acids is 1. The van der Waals surface area contributed by atoms with E-state index in [1.807, 2.05) is 6.92 Å². The molecule has 4 amide bonds. The highest BCUT2D eigenvalue weighted by Gasteiger charge is 2.30. The van der Waals surface area contributed by atoms with E-state index >= 15 is 0 Å². The van der Waals surface area contributed by atoms with E-state index in [1.165, 1.54) is 6.92 Å². The third kappa shape index (κ3) is 9.57. The molecule has 0 fully saturated rings. The lowest BCUT2D eigenvalue weighted by molar-refractivity contribution is -0.143. The lowest BCUT2D eigenvalue weighted by atomic mass is 9.99. The zero-order valence-corrected chi connectivity index (χ0v) is 19.7.